The predicted molar refractivity (Wildman–Crippen MR) is 129 cm³/mol. The summed E-state index contributed by atoms with van der Waals surface area (Å²) in [6.07, 6.45) is 9.38. The molecule has 0 unspecified atom stereocenters. The number of benzene rings is 2. The maximum atomic E-state index is 10.6. The molecule has 32 heavy (non-hydrogen) atoms. The molecule has 1 heterocycles. The molecular formula is C28H37NO3. The quantitative estimate of drug-likeness (QED) is 0.568. The van der Waals surface area contributed by atoms with Crippen molar-refractivity contribution >= 4 is 5.69 Å². The third-order valence-electron chi connectivity index (χ3n) is 8.23. The second-order valence-electron chi connectivity index (χ2n) is 9.89. The Hall–Kier alpha value is -2.04. The average molecular weight is 436 g/mol. The van der Waals surface area contributed by atoms with Crippen LogP contribution in [-0.4, -0.2) is 38.7 Å². The monoisotopic (exact) mass is 435 g/mol. The number of methoxy groups -OCH3 is 2. The number of phenolic OH excluding ortho intramolecular Hbond substituents is 1. The number of anilines is 1. The number of nitrogens with zero attached hydrogens (tertiary/aromatic N) is 1. The van der Waals surface area contributed by atoms with Gasteiger partial charge in [-0.2, -0.15) is 0 Å². The molecule has 3 aliphatic rings. The Morgan fingerprint density at radius 2 is 1.59 bits per heavy atom. The van der Waals surface area contributed by atoms with Crippen LogP contribution in [0.25, 0.3) is 0 Å². The number of ether oxygens (including phenoxy) is 2. The summed E-state index contributed by atoms with van der Waals surface area (Å²) in [6.45, 7) is 2.09. The number of hydrogen-bond acceptors (Lipinski definition) is 4. The smallest absolute Gasteiger partial charge is 0.159 e. The van der Waals surface area contributed by atoms with Gasteiger partial charge in [-0.05, 0) is 85.8 Å². The molecule has 1 aliphatic heterocycles. The van der Waals surface area contributed by atoms with Crippen molar-refractivity contribution in [2.45, 2.75) is 69.5 Å². The Kier molecular flexibility index (Phi) is 6.43. The Labute approximate surface area is 192 Å². The predicted octanol–water partition coefficient (Wildman–Crippen LogP) is 5.96. The van der Waals surface area contributed by atoms with Crippen LogP contribution in [-0.2, 0) is 15.9 Å². The number of phenols is 1. The Morgan fingerprint density at radius 3 is 2.22 bits per heavy atom. The van der Waals surface area contributed by atoms with Crippen molar-refractivity contribution in [2.24, 2.45) is 5.92 Å². The highest BCUT2D eigenvalue weighted by Crippen LogP contribution is 2.47. The number of rotatable bonds is 6. The summed E-state index contributed by atoms with van der Waals surface area (Å²) in [7, 11) is 3.47. The van der Waals surface area contributed by atoms with E-state index >= 15 is 0 Å². The van der Waals surface area contributed by atoms with E-state index in [9.17, 15) is 5.11 Å². The highest BCUT2D eigenvalue weighted by molar-refractivity contribution is 5.54. The lowest BCUT2D eigenvalue weighted by molar-refractivity contribution is -0.141. The second kappa shape index (κ2) is 9.44. The first-order valence-electron chi connectivity index (χ1n) is 12.4. The van der Waals surface area contributed by atoms with Gasteiger partial charge in [0.2, 0.25) is 0 Å². The molecule has 1 atom stereocenters. The van der Waals surface area contributed by atoms with Crippen LogP contribution in [0, 0.1) is 5.92 Å². The fraction of sp³-hybridized carbons (Fsp3) is 0.571. The zero-order valence-corrected chi connectivity index (χ0v) is 19.6. The molecule has 1 saturated heterocycles. The maximum Gasteiger partial charge on any atom is 0.159 e. The van der Waals surface area contributed by atoms with Crippen LogP contribution in [0.4, 0.5) is 5.69 Å². The maximum absolute atomic E-state index is 10.6. The van der Waals surface area contributed by atoms with Gasteiger partial charge in [0.05, 0.1) is 0 Å². The summed E-state index contributed by atoms with van der Waals surface area (Å²) < 4.78 is 11.0. The number of piperidine rings is 1. The summed E-state index contributed by atoms with van der Waals surface area (Å²) in [6, 6.07) is 13.4. The molecule has 0 aromatic heterocycles. The first-order chi connectivity index (χ1) is 15.7. The van der Waals surface area contributed by atoms with Crippen LogP contribution in [0.2, 0.25) is 0 Å². The summed E-state index contributed by atoms with van der Waals surface area (Å²) in [5.41, 5.74) is 6.89. The third kappa shape index (κ3) is 4.04. The van der Waals surface area contributed by atoms with Gasteiger partial charge >= 0.3 is 0 Å². The van der Waals surface area contributed by atoms with E-state index in [-0.39, 0.29) is 6.29 Å². The van der Waals surface area contributed by atoms with E-state index in [0.29, 0.717) is 23.5 Å². The topological polar surface area (TPSA) is 41.9 Å². The zero-order valence-electron chi connectivity index (χ0n) is 19.6. The van der Waals surface area contributed by atoms with E-state index in [4.69, 9.17) is 9.47 Å². The molecule has 4 heteroatoms. The van der Waals surface area contributed by atoms with Crippen LogP contribution in [0.1, 0.15) is 79.0 Å². The molecule has 1 N–H and O–H groups in total. The van der Waals surface area contributed by atoms with Gasteiger partial charge < -0.3 is 19.5 Å². The summed E-state index contributed by atoms with van der Waals surface area (Å²) in [5.74, 6) is 2.02. The van der Waals surface area contributed by atoms with Crippen LogP contribution >= 0.6 is 0 Å². The van der Waals surface area contributed by atoms with Gasteiger partial charge in [0, 0.05) is 50.4 Å². The molecule has 0 bridgehead atoms. The van der Waals surface area contributed by atoms with Crippen LogP contribution < -0.4 is 4.90 Å². The lowest BCUT2D eigenvalue weighted by atomic mass is 9.71. The van der Waals surface area contributed by atoms with Gasteiger partial charge in [-0.15, -0.1) is 0 Å². The van der Waals surface area contributed by atoms with Crippen molar-refractivity contribution < 1.29 is 14.6 Å². The molecule has 4 nitrogen and oxygen atoms in total. The minimum atomic E-state index is -0.0878. The van der Waals surface area contributed by atoms with Gasteiger partial charge in [-0.1, -0.05) is 24.6 Å². The largest absolute Gasteiger partial charge is 0.508 e. The molecule has 172 valence electrons. The van der Waals surface area contributed by atoms with Crippen molar-refractivity contribution in [1.82, 2.24) is 0 Å². The lowest BCUT2D eigenvalue weighted by Crippen LogP contribution is -2.39. The average Bonchev–Trinajstić information content (AvgIpc) is 2.81. The molecule has 2 aromatic rings. The zero-order chi connectivity index (χ0) is 22.1. The molecule has 0 amide bonds. The minimum absolute atomic E-state index is 0.0878. The molecule has 0 radical (unpaired) electrons. The summed E-state index contributed by atoms with van der Waals surface area (Å²) >= 11 is 0. The molecule has 2 aromatic carbocycles. The van der Waals surface area contributed by atoms with Gasteiger partial charge in [-0.3, -0.25) is 0 Å². The van der Waals surface area contributed by atoms with E-state index in [1.807, 2.05) is 6.07 Å². The summed E-state index contributed by atoms with van der Waals surface area (Å²) in [5, 5.41) is 10.6. The summed E-state index contributed by atoms with van der Waals surface area (Å²) in [4.78, 5) is 2.49. The fourth-order valence-corrected chi connectivity index (χ4v) is 6.24. The van der Waals surface area contributed by atoms with Gasteiger partial charge in [0.1, 0.15) is 5.75 Å². The van der Waals surface area contributed by atoms with E-state index in [1.54, 1.807) is 14.2 Å². The van der Waals surface area contributed by atoms with Gasteiger partial charge in [-0.25, -0.2) is 0 Å². The number of fused-ring (bicyclic) bond motifs is 1. The van der Waals surface area contributed by atoms with Crippen molar-refractivity contribution in [3.63, 3.8) is 0 Å². The highest BCUT2D eigenvalue weighted by Gasteiger charge is 2.31. The first kappa shape index (κ1) is 21.8. The molecule has 2 fully saturated rings. The van der Waals surface area contributed by atoms with Crippen LogP contribution in [0.5, 0.6) is 5.75 Å². The minimum Gasteiger partial charge on any atom is -0.508 e. The Balaban J connectivity index is 1.32. The number of aromatic hydroxyl groups is 1. The fourth-order valence-electron chi connectivity index (χ4n) is 6.24. The Morgan fingerprint density at radius 1 is 0.875 bits per heavy atom. The van der Waals surface area contributed by atoms with Crippen LogP contribution in [0.3, 0.4) is 0 Å². The molecular weight excluding hydrogens is 398 g/mol. The molecule has 0 spiro atoms. The number of hydrogen-bond donors (Lipinski definition) is 1. The molecule has 1 saturated carbocycles. The van der Waals surface area contributed by atoms with E-state index in [1.165, 1.54) is 60.0 Å². The van der Waals surface area contributed by atoms with Gasteiger partial charge in [0.15, 0.2) is 6.29 Å². The van der Waals surface area contributed by atoms with Crippen molar-refractivity contribution in [1.29, 1.82) is 0 Å². The van der Waals surface area contributed by atoms with Crippen molar-refractivity contribution in [2.75, 3.05) is 32.2 Å². The van der Waals surface area contributed by atoms with Gasteiger partial charge in [0.25, 0.3) is 0 Å². The second-order valence-corrected chi connectivity index (χ2v) is 9.89. The van der Waals surface area contributed by atoms with Crippen molar-refractivity contribution in [3.8, 4) is 5.75 Å². The SMILES string of the molecule is COC(OC)C1CCN(c2ccc([C@@H]3CCCc4c3ccc(O)c4C3CCC3)cc2)CC1. The standard InChI is InChI=1S/C28H37NO3/c1-31-28(32-2)21-15-17-29(18-16-21)22-11-9-19(10-12-22)23-7-4-8-25-24(23)13-14-26(30)27(25)20-5-3-6-20/h9-14,20-21,23,28,30H,3-8,15-18H2,1-2H3/t23-/m0/s1. The molecule has 2 aliphatic carbocycles. The van der Waals surface area contributed by atoms with E-state index in [2.05, 4.69) is 35.2 Å². The van der Waals surface area contributed by atoms with E-state index < -0.39 is 0 Å². The molecule has 5 rings (SSSR count). The highest BCUT2D eigenvalue weighted by atomic mass is 16.7. The van der Waals surface area contributed by atoms with E-state index in [0.717, 1.165) is 32.4 Å². The first-order valence-corrected chi connectivity index (χ1v) is 12.4. The third-order valence-corrected chi connectivity index (χ3v) is 8.23. The lowest BCUT2D eigenvalue weighted by Gasteiger charge is -2.36. The van der Waals surface area contributed by atoms with Crippen LogP contribution in [0.15, 0.2) is 36.4 Å². The normalized spacial score (nSPS) is 22.1. The Bertz CT molecular complexity index is 909. The van der Waals surface area contributed by atoms with Crippen molar-refractivity contribution in [3.05, 3.63) is 58.7 Å².